The van der Waals surface area contributed by atoms with Crippen molar-refractivity contribution in [3.63, 3.8) is 0 Å². The van der Waals surface area contributed by atoms with E-state index in [1.807, 2.05) is 44.2 Å². The van der Waals surface area contributed by atoms with Crippen LogP contribution in [0.1, 0.15) is 25.0 Å². The average Bonchev–Trinajstić information content (AvgIpc) is 2.84. The van der Waals surface area contributed by atoms with E-state index in [0.717, 1.165) is 22.6 Å². The fourth-order valence-corrected chi connectivity index (χ4v) is 2.88. The zero-order valence-corrected chi connectivity index (χ0v) is 15.1. The van der Waals surface area contributed by atoms with Crippen molar-refractivity contribution < 1.29 is 19.1 Å². The van der Waals surface area contributed by atoms with Crippen molar-refractivity contribution in [1.82, 2.24) is 0 Å². The lowest BCUT2D eigenvalue weighted by Gasteiger charge is -2.15. The highest BCUT2D eigenvalue weighted by Crippen LogP contribution is 2.38. The van der Waals surface area contributed by atoms with Crippen molar-refractivity contribution in [2.75, 3.05) is 24.4 Å². The van der Waals surface area contributed by atoms with Gasteiger partial charge in [-0.25, -0.2) is 4.79 Å². The van der Waals surface area contributed by atoms with Crippen LogP contribution >= 0.6 is 0 Å². The van der Waals surface area contributed by atoms with Crippen molar-refractivity contribution in [2.45, 2.75) is 25.7 Å². The average molecular weight is 354 g/mol. The normalized spacial score (nSPS) is 14.3. The Bertz CT molecular complexity index is 828. The third-order valence-corrected chi connectivity index (χ3v) is 4.54. The molecule has 3 rings (SSSR count). The molecule has 0 bridgehead atoms. The molecule has 0 radical (unpaired) electrons. The second-order valence-corrected chi connectivity index (χ2v) is 6.70. The first-order valence-corrected chi connectivity index (χ1v) is 8.43. The molecule has 1 aliphatic rings. The minimum absolute atomic E-state index is 0.0493. The quantitative estimate of drug-likeness (QED) is 0.858. The highest BCUT2D eigenvalue weighted by atomic mass is 16.5. The van der Waals surface area contributed by atoms with Crippen molar-refractivity contribution in [3.05, 3.63) is 53.6 Å². The Morgan fingerprint density at radius 2 is 1.88 bits per heavy atom. The number of benzene rings is 2. The van der Waals surface area contributed by atoms with Gasteiger partial charge in [0.2, 0.25) is 5.91 Å². The molecular weight excluding hydrogens is 332 g/mol. The van der Waals surface area contributed by atoms with Gasteiger partial charge < -0.3 is 14.8 Å². The Morgan fingerprint density at radius 1 is 1.15 bits per heavy atom. The summed E-state index contributed by atoms with van der Waals surface area (Å²) in [7, 11) is 1.62. The fourth-order valence-electron chi connectivity index (χ4n) is 2.88. The summed E-state index contributed by atoms with van der Waals surface area (Å²) in [6.07, 6.45) is 0.0910. The fraction of sp³-hybridized carbons (Fsp3) is 0.300. The number of amides is 2. The molecule has 136 valence electrons. The van der Waals surface area contributed by atoms with E-state index in [9.17, 15) is 9.59 Å². The molecule has 6 heteroatoms. The summed E-state index contributed by atoms with van der Waals surface area (Å²) in [4.78, 5) is 23.9. The lowest BCUT2D eigenvalue weighted by Crippen LogP contribution is -2.26. The Kier molecular flexibility index (Phi) is 4.84. The summed E-state index contributed by atoms with van der Waals surface area (Å²) in [5.41, 5.74) is 2.71. The largest absolute Gasteiger partial charge is 0.497 e. The summed E-state index contributed by atoms with van der Waals surface area (Å²) < 4.78 is 10.3. The van der Waals surface area contributed by atoms with Gasteiger partial charge in [0.15, 0.2) is 0 Å². The van der Waals surface area contributed by atoms with E-state index in [1.165, 1.54) is 0 Å². The Hall–Kier alpha value is -3.02. The number of rotatable bonds is 5. The molecule has 6 nitrogen and oxygen atoms in total. The van der Waals surface area contributed by atoms with Gasteiger partial charge in [0.1, 0.15) is 5.75 Å². The van der Waals surface area contributed by atoms with Crippen LogP contribution in [0.2, 0.25) is 0 Å². The molecule has 2 amide bonds. The van der Waals surface area contributed by atoms with Crippen LogP contribution in [0.15, 0.2) is 42.5 Å². The number of carbonyl (C=O) groups is 2. The minimum Gasteiger partial charge on any atom is -0.497 e. The van der Waals surface area contributed by atoms with Gasteiger partial charge in [-0.1, -0.05) is 18.2 Å². The van der Waals surface area contributed by atoms with Crippen LogP contribution in [0.25, 0.3) is 0 Å². The van der Waals surface area contributed by atoms with Crippen LogP contribution in [0.4, 0.5) is 16.2 Å². The SMILES string of the molecule is COc1ccc(CCOC(=O)Nc2ccc3c(c2)NC(=O)C3(C)C)cc1. The third-order valence-electron chi connectivity index (χ3n) is 4.54. The highest BCUT2D eigenvalue weighted by Gasteiger charge is 2.38. The van der Waals surface area contributed by atoms with Crippen molar-refractivity contribution in [3.8, 4) is 5.75 Å². The molecule has 1 heterocycles. The molecule has 0 aromatic heterocycles. The highest BCUT2D eigenvalue weighted by molar-refractivity contribution is 6.06. The molecule has 0 saturated heterocycles. The number of ether oxygens (including phenoxy) is 2. The molecule has 0 spiro atoms. The van der Waals surface area contributed by atoms with Gasteiger partial charge in [-0.15, -0.1) is 0 Å². The maximum absolute atomic E-state index is 12.0. The molecule has 0 fully saturated rings. The van der Waals surface area contributed by atoms with Gasteiger partial charge in [0, 0.05) is 17.8 Å². The van der Waals surface area contributed by atoms with Crippen molar-refractivity contribution in [1.29, 1.82) is 0 Å². The van der Waals surface area contributed by atoms with E-state index >= 15 is 0 Å². The van der Waals surface area contributed by atoms with E-state index in [-0.39, 0.29) is 12.5 Å². The first kappa shape index (κ1) is 17.8. The van der Waals surface area contributed by atoms with Crippen LogP contribution in [-0.4, -0.2) is 25.7 Å². The first-order chi connectivity index (χ1) is 12.4. The molecule has 0 unspecified atom stereocenters. The molecule has 26 heavy (non-hydrogen) atoms. The standard InChI is InChI=1S/C20H22N2O4/c1-20(2)16-9-6-14(12-17(16)22-18(20)23)21-19(24)26-11-10-13-4-7-15(25-3)8-5-13/h4-9,12H,10-11H2,1-3H3,(H,21,24)(H,22,23). The first-order valence-electron chi connectivity index (χ1n) is 8.43. The number of carbonyl (C=O) groups excluding carboxylic acids is 2. The Balaban J connectivity index is 1.52. The number of hydrogen-bond donors (Lipinski definition) is 2. The topological polar surface area (TPSA) is 76.7 Å². The number of methoxy groups -OCH3 is 1. The maximum atomic E-state index is 12.0. The number of hydrogen-bond acceptors (Lipinski definition) is 4. The van der Waals surface area contributed by atoms with Crippen molar-refractivity contribution >= 4 is 23.4 Å². The molecule has 1 aliphatic heterocycles. The molecule has 2 aromatic carbocycles. The van der Waals surface area contributed by atoms with E-state index in [1.54, 1.807) is 19.2 Å². The van der Waals surface area contributed by atoms with E-state index in [2.05, 4.69) is 10.6 Å². The lowest BCUT2D eigenvalue weighted by atomic mass is 9.86. The zero-order chi connectivity index (χ0) is 18.7. The van der Waals surface area contributed by atoms with Crippen LogP contribution in [0, 0.1) is 0 Å². The van der Waals surface area contributed by atoms with Crippen LogP contribution in [0.3, 0.4) is 0 Å². The molecule has 2 aromatic rings. The number of anilines is 2. The second kappa shape index (κ2) is 7.07. The zero-order valence-electron chi connectivity index (χ0n) is 15.1. The minimum atomic E-state index is -0.563. The molecule has 2 N–H and O–H groups in total. The molecular formula is C20H22N2O4. The Morgan fingerprint density at radius 3 is 2.58 bits per heavy atom. The number of fused-ring (bicyclic) bond motifs is 1. The summed E-state index contributed by atoms with van der Waals surface area (Å²) in [6.45, 7) is 4.01. The predicted molar refractivity (Wildman–Crippen MR) is 99.8 cm³/mol. The summed E-state index contributed by atoms with van der Waals surface area (Å²) in [5.74, 6) is 0.742. The van der Waals surface area contributed by atoms with E-state index in [0.29, 0.717) is 12.1 Å². The van der Waals surface area contributed by atoms with Gasteiger partial charge in [0.25, 0.3) is 0 Å². The monoisotopic (exact) mass is 354 g/mol. The van der Waals surface area contributed by atoms with E-state index in [4.69, 9.17) is 9.47 Å². The van der Waals surface area contributed by atoms with E-state index < -0.39 is 11.5 Å². The van der Waals surface area contributed by atoms with Gasteiger partial charge in [-0.05, 0) is 49.2 Å². The molecule has 0 saturated carbocycles. The summed E-state index contributed by atoms with van der Waals surface area (Å²) in [5, 5.41) is 5.52. The lowest BCUT2D eigenvalue weighted by molar-refractivity contribution is -0.119. The van der Waals surface area contributed by atoms with Crippen LogP contribution in [-0.2, 0) is 21.4 Å². The maximum Gasteiger partial charge on any atom is 0.411 e. The predicted octanol–water partition coefficient (Wildman–Crippen LogP) is 3.72. The van der Waals surface area contributed by atoms with Crippen LogP contribution < -0.4 is 15.4 Å². The Labute approximate surface area is 152 Å². The van der Waals surface area contributed by atoms with Gasteiger partial charge in [-0.3, -0.25) is 10.1 Å². The molecule has 0 aliphatic carbocycles. The van der Waals surface area contributed by atoms with Crippen LogP contribution in [0.5, 0.6) is 5.75 Å². The van der Waals surface area contributed by atoms with Crippen molar-refractivity contribution in [2.24, 2.45) is 0 Å². The smallest absolute Gasteiger partial charge is 0.411 e. The third kappa shape index (κ3) is 3.64. The summed E-state index contributed by atoms with van der Waals surface area (Å²) >= 11 is 0. The molecule has 0 atom stereocenters. The van der Waals surface area contributed by atoms with Gasteiger partial charge >= 0.3 is 6.09 Å². The number of nitrogens with one attached hydrogen (secondary N) is 2. The van der Waals surface area contributed by atoms with Gasteiger partial charge in [0.05, 0.1) is 19.1 Å². The van der Waals surface area contributed by atoms with Gasteiger partial charge in [-0.2, -0.15) is 0 Å². The summed E-state index contributed by atoms with van der Waals surface area (Å²) in [6, 6.07) is 13.0. The second-order valence-electron chi connectivity index (χ2n) is 6.70.